The summed E-state index contributed by atoms with van der Waals surface area (Å²) < 4.78 is 20.1. The molecular formula is C27H34FN3OS. The number of nitrogens with zero attached hydrogens (tertiary/aromatic N) is 3. The molecule has 4 heterocycles. The summed E-state index contributed by atoms with van der Waals surface area (Å²) in [7, 11) is 0. The van der Waals surface area contributed by atoms with Gasteiger partial charge in [0, 0.05) is 47.1 Å². The van der Waals surface area contributed by atoms with Gasteiger partial charge in [0.15, 0.2) is 5.13 Å². The van der Waals surface area contributed by atoms with Crippen molar-refractivity contribution >= 4 is 11.3 Å². The normalized spacial score (nSPS) is 20.3. The van der Waals surface area contributed by atoms with Crippen molar-refractivity contribution in [3.8, 4) is 0 Å². The van der Waals surface area contributed by atoms with E-state index in [0.29, 0.717) is 6.61 Å². The van der Waals surface area contributed by atoms with Gasteiger partial charge in [-0.2, -0.15) is 4.39 Å². The fourth-order valence-corrected chi connectivity index (χ4v) is 5.79. The van der Waals surface area contributed by atoms with Gasteiger partial charge in [-0.15, -0.1) is 11.3 Å². The van der Waals surface area contributed by atoms with E-state index in [1.807, 2.05) is 44.4 Å². The quantitative estimate of drug-likeness (QED) is 0.369. The molecule has 0 N–H and O–H groups in total. The molecule has 6 heteroatoms. The van der Waals surface area contributed by atoms with Gasteiger partial charge in [0.05, 0.1) is 5.69 Å². The molecule has 4 nitrogen and oxygen atoms in total. The van der Waals surface area contributed by atoms with Gasteiger partial charge in [0.1, 0.15) is 6.10 Å². The second-order valence-corrected chi connectivity index (χ2v) is 10.7. The minimum absolute atomic E-state index is 0.106. The van der Waals surface area contributed by atoms with E-state index in [2.05, 4.69) is 41.9 Å². The van der Waals surface area contributed by atoms with Crippen LogP contribution in [0.3, 0.4) is 0 Å². The third-order valence-corrected chi connectivity index (χ3v) is 8.07. The molecule has 4 rings (SSSR count). The van der Waals surface area contributed by atoms with E-state index < -0.39 is 0 Å². The summed E-state index contributed by atoms with van der Waals surface area (Å²) >= 11 is 1.25. The third kappa shape index (κ3) is 5.18. The Morgan fingerprint density at radius 3 is 2.67 bits per heavy atom. The second kappa shape index (κ2) is 10.00. The van der Waals surface area contributed by atoms with E-state index in [9.17, 15) is 4.39 Å². The van der Waals surface area contributed by atoms with Crippen molar-refractivity contribution < 1.29 is 9.13 Å². The Bertz CT molecular complexity index is 1040. The molecule has 1 aliphatic rings. The zero-order chi connectivity index (χ0) is 23.5. The van der Waals surface area contributed by atoms with Crippen molar-refractivity contribution in [2.24, 2.45) is 5.41 Å². The molecule has 0 saturated carbocycles. The van der Waals surface area contributed by atoms with Gasteiger partial charge in [-0.25, -0.2) is 0 Å². The van der Waals surface area contributed by atoms with Crippen LogP contribution in [-0.2, 0) is 16.7 Å². The highest BCUT2D eigenvalue weighted by molar-refractivity contribution is 7.10. The van der Waals surface area contributed by atoms with Crippen LogP contribution < -0.4 is 0 Å². The van der Waals surface area contributed by atoms with Crippen molar-refractivity contribution in [3.63, 3.8) is 0 Å². The molecule has 1 fully saturated rings. The van der Waals surface area contributed by atoms with Gasteiger partial charge in [0.25, 0.3) is 0 Å². The highest BCUT2D eigenvalue weighted by Crippen LogP contribution is 2.50. The first-order valence-electron chi connectivity index (χ1n) is 11.8. The number of hydrogen-bond donors (Lipinski definition) is 0. The summed E-state index contributed by atoms with van der Waals surface area (Å²) in [5.41, 5.74) is 2.96. The minimum atomic E-state index is -0.154. The number of aromatic nitrogens is 2. The lowest BCUT2D eigenvalue weighted by Gasteiger charge is -2.41. The number of thiophene rings is 1. The number of aryl methyl sites for hydroxylation is 2. The topological polar surface area (TPSA) is 38.2 Å². The molecule has 176 valence electrons. The van der Waals surface area contributed by atoms with Crippen LogP contribution in [0.15, 0.2) is 54.9 Å². The Kier molecular flexibility index (Phi) is 7.27. The number of halogens is 1. The summed E-state index contributed by atoms with van der Waals surface area (Å²) in [5.74, 6) is 0. The van der Waals surface area contributed by atoms with Crippen LogP contribution in [0.2, 0.25) is 0 Å². The first-order chi connectivity index (χ1) is 15.8. The van der Waals surface area contributed by atoms with Gasteiger partial charge < -0.3 is 4.74 Å². The van der Waals surface area contributed by atoms with Gasteiger partial charge >= 0.3 is 0 Å². The number of ether oxygens (including phenoxy) is 1. The van der Waals surface area contributed by atoms with Crippen molar-refractivity contribution in [1.82, 2.24) is 14.9 Å². The smallest absolute Gasteiger partial charge is 0.176 e. The predicted molar refractivity (Wildman–Crippen MR) is 132 cm³/mol. The molecule has 1 saturated heterocycles. The molecule has 33 heavy (non-hydrogen) atoms. The summed E-state index contributed by atoms with van der Waals surface area (Å²) in [4.78, 5) is 12.9. The van der Waals surface area contributed by atoms with E-state index in [1.54, 1.807) is 6.07 Å². The van der Waals surface area contributed by atoms with Crippen LogP contribution in [0.1, 0.15) is 61.5 Å². The van der Waals surface area contributed by atoms with Crippen molar-refractivity contribution in [1.29, 1.82) is 0 Å². The van der Waals surface area contributed by atoms with E-state index in [1.165, 1.54) is 16.9 Å². The lowest BCUT2D eigenvalue weighted by atomic mass is 9.75. The third-order valence-electron chi connectivity index (χ3n) is 7.14. The first kappa shape index (κ1) is 24.0. The molecule has 0 aliphatic carbocycles. The number of likely N-dealkylation sites (tertiary alicyclic amines) is 1. The maximum Gasteiger partial charge on any atom is 0.176 e. The molecule has 3 aromatic rings. The fourth-order valence-electron chi connectivity index (χ4n) is 5.07. The second-order valence-electron chi connectivity index (χ2n) is 9.58. The van der Waals surface area contributed by atoms with Gasteiger partial charge in [-0.05, 0) is 89.4 Å². The molecule has 1 aliphatic heterocycles. The molecule has 3 aromatic heterocycles. The van der Waals surface area contributed by atoms with Crippen molar-refractivity contribution in [3.05, 3.63) is 81.8 Å². The maximum absolute atomic E-state index is 13.7. The minimum Gasteiger partial charge on any atom is -0.372 e. The zero-order valence-corrected chi connectivity index (χ0v) is 20.9. The van der Waals surface area contributed by atoms with Gasteiger partial charge in [-0.3, -0.25) is 14.9 Å². The Morgan fingerprint density at radius 1 is 1.18 bits per heavy atom. The predicted octanol–water partition coefficient (Wildman–Crippen LogP) is 6.32. The zero-order valence-electron chi connectivity index (χ0n) is 20.1. The van der Waals surface area contributed by atoms with E-state index in [-0.39, 0.29) is 22.2 Å². The average molecular weight is 468 g/mol. The Morgan fingerprint density at radius 2 is 2.03 bits per heavy atom. The van der Waals surface area contributed by atoms with Crippen LogP contribution in [0.4, 0.5) is 4.39 Å². The average Bonchev–Trinajstić information content (AvgIpc) is 3.44. The molecule has 0 spiro atoms. The van der Waals surface area contributed by atoms with Crippen LogP contribution in [-0.4, -0.2) is 34.6 Å². The molecule has 0 aromatic carbocycles. The van der Waals surface area contributed by atoms with Crippen molar-refractivity contribution in [2.45, 2.75) is 58.6 Å². The summed E-state index contributed by atoms with van der Waals surface area (Å²) in [5, 5.41) is -0.119. The summed E-state index contributed by atoms with van der Waals surface area (Å²) in [6, 6.07) is 13.8. The monoisotopic (exact) mass is 467 g/mol. The van der Waals surface area contributed by atoms with E-state index in [0.717, 1.165) is 48.6 Å². The lowest BCUT2D eigenvalue weighted by molar-refractivity contribution is -0.0460. The molecule has 0 amide bonds. The first-order valence-corrected chi connectivity index (χ1v) is 12.6. The molecule has 2 unspecified atom stereocenters. The Hall–Kier alpha value is -2.15. The molecule has 2 atom stereocenters. The number of hydrogen-bond acceptors (Lipinski definition) is 5. The summed E-state index contributed by atoms with van der Waals surface area (Å²) in [6.45, 7) is 11.1. The van der Waals surface area contributed by atoms with E-state index >= 15 is 0 Å². The van der Waals surface area contributed by atoms with E-state index in [4.69, 9.17) is 9.72 Å². The number of rotatable bonds is 9. The van der Waals surface area contributed by atoms with Crippen LogP contribution in [0.25, 0.3) is 0 Å². The number of pyridine rings is 2. The SMILES string of the molecule is CCOC(c1ccccn1)C1(CCc2ccc(F)s2)CCN(C(C)(C)c2ccc(C)nc2)C1. The largest absolute Gasteiger partial charge is 0.372 e. The highest BCUT2D eigenvalue weighted by Gasteiger charge is 2.49. The van der Waals surface area contributed by atoms with Gasteiger partial charge in [-0.1, -0.05) is 12.1 Å². The highest BCUT2D eigenvalue weighted by atomic mass is 32.1. The maximum atomic E-state index is 13.7. The summed E-state index contributed by atoms with van der Waals surface area (Å²) in [6.07, 6.45) is 6.51. The molecule has 0 radical (unpaired) electrons. The van der Waals surface area contributed by atoms with Crippen LogP contribution >= 0.6 is 11.3 Å². The Balaban J connectivity index is 1.66. The van der Waals surface area contributed by atoms with Crippen LogP contribution in [0.5, 0.6) is 0 Å². The fraction of sp³-hybridized carbons (Fsp3) is 0.481. The molecular weight excluding hydrogens is 433 g/mol. The Labute approximate surface area is 200 Å². The van der Waals surface area contributed by atoms with Crippen LogP contribution in [0, 0.1) is 17.5 Å². The molecule has 0 bridgehead atoms. The standard InChI is InChI=1S/C27H34FN3OS/c1-5-32-25(23-8-6-7-16-29-23)27(14-13-22-11-12-24(28)33-22)15-17-31(19-27)26(3,4)21-10-9-20(2)30-18-21/h6-12,16,18,25H,5,13-15,17,19H2,1-4H3. The lowest BCUT2D eigenvalue weighted by Crippen LogP contribution is -2.43. The van der Waals surface area contributed by atoms with Crippen molar-refractivity contribution in [2.75, 3.05) is 19.7 Å². The van der Waals surface area contributed by atoms with Gasteiger partial charge in [0.2, 0.25) is 0 Å².